The molecule has 1 aliphatic heterocycles. The topological polar surface area (TPSA) is 3.24 Å². The van der Waals surface area contributed by atoms with Crippen molar-refractivity contribution in [2.24, 2.45) is 0 Å². The van der Waals surface area contributed by atoms with Crippen molar-refractivity contribution in [2.75, 3.05) is 11.4 Å². The Morgan fingerprint density at radius 1 is 0.765 bits per heavy atom. The molecule has 14 heteroatoms. The number of hydrogen-bond acceptors (Lipinski definition) is 1. The Hall–Kier alpha value is -2.13. The first-order valence-electron chi connectivity index (χ1n) is 8.98. The highest BCUT2D eigenvalue weighted by Gasteiger charge is 2.82. The van der Waals surface area contributed by atoms with E-state index in [0.717, 1.165) is 27.5 Å². The summed E-state index contributed by atoms with van der Waals surface area (Å²) in [5.74, 6) is -7.09. The third-order valence-electron chi connectivity index (χ3n) is 5.03. The highest BCUT2D eigenvalue weighted by molar-refractivity contribution is 14.1. The van der Waals surface area contributed by atoms with Gasteiger partial charge in [-0.3, -0.25) is 0 Å². The van der Waals surface area contributed by atoms with Crippen molar-refractivity contribution in [3.8, 4) is 0 Å². The SMILES string of the molecule is FC(F)(F)c1cc(C(F)(C(F)(F)F)C(F)(F)C(F)(F)F)cc(I)c1N1CC=Cc2ccccc21. The van der Waals surface area contributed by atoms with E-state index in [4.69, 9.17) is 0 Å². The third kappa shape index (κ3) is 4.11. The zero-order valence-electron chi connectivity index (χ0n) is 16.2. The van der Waals surface area contributed by atoms with Crippen LogP contribution in [-0.4, -0.2) is 24.8 Å². The molecule has 34 heavy (non-hydrogen) atoms. The predicted molar refractivity (Wildman–Crippen MR) is 106 cm³/mol. The number of fused-ring (bicyclic) bond motifs is 1. The third-order valence-corrected chi connectivity index (χ3v) is 5.85. The van der Waals surface area contributed by atoms with Crippen LogP contribution in [0, 0.1) is 3.57 Å². The first kappa shape index (κ1) is 26.5. The molecule has 0 aliphatic carbocycles. The average molecular weight is 619 g/mol. The molecule has 2 aromatic carbocycles. The van der Waals surface area contributed by atoms with Gasteiger partial charge < -0.3 is 4.90 Å². The number of halogens is 13. The van der Waals surface area contributed by atoms with Gasteiger partial charge in [-0.2, -0.15) is 48.3 Å². The summed E-state index contributed by atoms with van der Waals surface area (Å²) in [4.78, 5) is 0.985. The fourth-order valence-electron chi connectivity index (χ4n) is 3.48. The molecule has 0 aromatic heterocycles. The average Bonchev–Trinajstić information content (AvgIpc) is 2.69. The second kappa shape index (κ2) is 8.22. The van der Waals surface area contributed by atoms with Gasteiger partial charge in [-0.25, -0.2) is 4.39 Å². The maximum atomic E-state index is 14.9. The Morgan fingerprint density at radius 3 is 1.88 bits per heavy atom. The molecular weight excluding hydrogens is 609 g/mol. The van der Waals surface area contributed by atoms with Gasteiger partial charge in [-0.15, -0.1) is 0 Å². The van der Waals surface area contributed by atoms with Crippen molar-refractivity contribution >= 4 is 40.0 Å². The molecule has 1 aliphatic rings. The molecule has 1 heterocycles. The fourth-order valence-corrected chi connectivity index (χ4v) is 4.39. The standard InChI is InChI=1S/C20H10F12IN/c21-16(19(27,28)29,18(25,26)20(30,31)32)11-8-12(17(22,23)24)15(13(33)9-11)34-7-3-5-10-4-1-2-6-14(10)34/h1-6,8-9H,7H2. The van der Waals surface area contributed by atoms with Crippen LogP contribution in [-0.2, 0) is 11.8 Å². The number of alkyl halides is 12. The Kier molecular flexibility index (Phi) is 6.40. The maximum absolute atomic E-state index is 14.9. The molecular formula is C20H10F12IN. The monoisotopic (exact) mass is 619 g/mol. The van der Waals surface area contributed by atoms with Crippen LogP contribution in [0.3, 0.4) is 0 Å². The summed E-state index contributed by atoms with van der Waals surface area (Å²) in [7, 11) is 0. The Balaban J connectivity index is 2.35. The lowest BCUT2D eigenvalue weighted by atomic mass is 9.86. The molecule has 1 unspecified atom stereocenters. The maximum Gasteiger partial charge on any atom is 0.457 e. The largest absolute Gasteiger partial charge is 0.457 e. The Labute approximate surface area is 197 Å². The number of benzene rings is 2. The molecule has 0 bridgehead atoms. The molecule has 0 amide bonds. The van der Waals surface area contributed by atoms with E-state index < -0.39 is 56.6 Å². The van der Waals surface area contributed by atoms with Crippen molar-refractivity contribution in [1.82, 2.24) is 0 Å². The van der Waals surface area contributed by atoms with Crippen molar-refractivity contribution < 1.29 is 52.7 Å². The predicted octanol–water partition coefficient (Wildman–Crippen LogP) is 8.40. The summed E-state index contributed by atoms with van der Waals surface area (Å²) in [5.41, 5.74) is -11.3. The number of hydrogen-bond donors (Lipinski definition) is 0. The van der Waals surface area contributed by atoms with E-state index in [2.05, 4.69) is 0 Å². The molecule has 0 saturated carbocycles. The molecule has 0 saturated heterocycles. The van der Waals surface area contributed by atoms with Gasteiger partial charge in [0.1, 0.15) is 0 Å². The molecule has 1 atom stereocenters. The summed E-state index contributed by atoms with van der Waals surface area (Å²) in [6.07, 6.45) is -16.6. The van der Waals surface area contributed by atoms with Gasteiger partial charge in [0.05, 0.1) is 11.3 Å². The first-order chi connectivity index (χ1) is 15.3. The fraction of sp³-hybridized carbons (Fsp3) is 0.300. The molecule has 0 spiro atoms. The zero-order valence-corrected chi connectivity index (χ0v) is 18.3. The van der Waals surface area contributed by atoms with Gasteiger partial charge in [-0.1, -0.05) is 30.4 Å². The van der Waals surface area contributed by atoms with E-state index in [-0.39, 0.29) is 18.3 Å². The molecule has 186 valence electrons. The van der Waals surface area contributed by atoms with Crippen molar-refractivity contribution in [3.05, 3.63) is 62.7 Å². The molecule has 0 N–H and O–H groups in total. The highest BCUT2D eigenvalue weighted by Crippen LogP contribution is 2.59. The Bertz CT molecular complexity index is 1120. The van der Waals surface area contributed by atoms with Crippen molar-refractivity contribution in [3.63, 3.8) is 0 Å². The lowest BCUT2D eigenvalue weighted by molar-refractivity contribution is -0.389. The molecule has 0 fully saturated rings. The van der Waals surface area contributed by atoms with E-state index in [1.54, 1.807) is 12.1 Å². The molecule has 3 rings (SSSR count). The van der Waals surface area contributed by atoms with E-state index in [9.17, 15) is 52.7 Å². The Morgan fingerprint density at radius 2 is 1.35 bits per heavy atom. The second-order valence-corrected chi connectivity index (χ2v) is 8.31. The molecule has 1 nitrogen and oxygen atoms in total. The number of para-hydroxylation sites is 1. The number of anilines is 2. The van der Waals surface area contributed by atoms with Gasteiger partial charge in [0, 0.05) is 21.4 Å². The van der Waals surface area contributed by atoms with Gasteiger partial charge in [0.25, 0.3) is 0 Å². The summed E-state index contributed by atoms with van der Waals surface area (Å²) in [6, 6.07) is 5.14. The van der Waals surface area contributed by atoms with Crippen LogP contribution in [0.15, 0.2) is 42.5 Å². The summed E-state index contributed by atoms with van der Waals surface area (Å²) in [5, 5.41) is 0. The lowest BCUT2D eigenvalue weighted by Gasteiger charge is -2.37. The van der Waals surface area contributed by atoms with E-state index in [0.29, 0.717) is 5.56 Å². The van der Waals surface area contributed by atoms with Gasteiger partial charge in [0.15, 0.2) is 0 Å². The lowest BCUT2D eigenvalue weighted by Crippen LogP contribution is -2.59. The second-order valence-electron chi connectivity index (χ2n) is 7.15. The molecule has 2 aromatic rings. The van der Waals surface area contributed by atoms with E-state index >= 15 is 0 Å². The first-order valence-corrected chi connectivity index (χ1v) is 10.1. The van der Waals surface area contributed by atoms with Crippen LogP contribution < -0.4 is 4.90 Å². The van der Waals surface area contributed by atoms with E-state index in [1.165, 1.54) is 24.3 Å². The quantitative estimate of drug-likeness (QED) is 0.247. The minimum Gasteiger partial charge on any atom is -0.336 e. The van der Waals surface area contributed by atoms with Crippen molar-refractivity contribution in [1.29, 1.82) is 0 Å². The van der Waals surface area contributed by atoms with Gasteiger partial charge >= 0.3 is 30.1 Å². The van der Waals surface area contributed by atoms with E-state index in [1.807, 2.05) is 0 Å². The van der Waals surface area contributed by atoms with Crippen LogP contribution in [0.4, 0.5) is 64.1 Å². The normalized spacial score (nSPS) is 16.9. The smallest absolute Gasteiger partial charge is 0.336 e. The van der Waals surface area contributed by atoms with Crippen LogP contribution in [0.25, 0.3) is 6.08 Å². The molecule has 0 radical (unpaired) electrons. The van der Waals surface area contributed by atoms with Crippen molar-refractivity contribution in [2.45, 2.75) is 30.1 Å². The minimum atomic E-state index is -7.09. The summed E-state index contributed by atoms with van der Waals surface area (Å²) < 4.78 is 162. The van der Waals surface area contributed by atoms with Crippen LogP contribution in [0.2, 0.25) is 0 Å². The summed E-state index contributed by atoms with van der Waals surface area (Å²) >= 11 is 1.04. The highest BCUT2D eigenvalue weighted by atomic mass is 127. The van der Waals surface area contributed by atoms with Gasteiger partial charge in [-0.05, 0) is 46.4 Å². The van der Waals surface area contributed by atoms with Crippen LogP contribution >= 0.6 is 22.6 Å². The minimum absolute atomic E-state index is 0.0841. The number of nitrogens with zero attached hydrogens (tertiary/aromatic N) is 1. The van der Waals surface area contributed by atoms with Crippen LogP contribution in [0.5, 0.6) is 0 Å². The number of rotatable bonds is 3. The summed E-state index contributed by atoms with van der Waals surface area (Å²) in [6.45, 7) is -0.242. The van der Waals surface area contributed by atoms with Crippen LogP contribution in [0.1, 0.15) is 16.7 Å². The van der Waals surface area contributed by atoms with Gasteiger partial charge in [0.2, 0.25) is 0 Å². The zero-order chi connectivity index (χ0) is 25.9.